The van der Waals surface area contributed by atoms with Gasteiger partial charge in [0.1, 0.15) is 16.4 Å². The Hall–Kier alpha value is -3.68. The average molecular weight is 493 g/mol. The summed E-state index contributed by atoms with van der Waals surface area (Å²) < 4.78 is 11.8. The number of fused-ring (bicyclic) bond motifs is 1. The highest BCUT2D eigenvalue weighted by molar-refractivity contribution is 7.21. The van der Waals surface area contributed by atoms with Gasteiger partial charge in [-0.05, 0) is 60.0 Å². The van der Waals surface area contributed by atoms with Gasteiger partial charge in [0.2, 0.25) is 0 Å². The summed E-state index contributed by atoms with van der Waals surface area (Å²) in [6, 6.07) is 21.9. The molecular weight excluding hydrogens is 472 g/mol. The molecule has 0 radical (unpaired) electrons. The Balaban J connectivity index is 1.27. The van der Waals surface area contributed by atoms with E-state index in [1.165, 1.54) is 23.1 Å². The minimum atomic E-state index is -0.510. The summed E-state index contributed by atoms with van der Waals surface area (Å²) in [5, 5.41) is 5.15. The van der Waals surface area contributed by atoms with Crippen LogP contribution in [-0.2, 0) is 11.2 Å². The zero-order valence-electron chi connectivity index (χ0n) is 18.3. The summed E-state index contributed by atoms with van der Waals surface area (Å²) in [6.07, 6.45) is 2.43. The van der Waals surface area contributed by atoms with E-state index in [0.29, 0.717) is 21.4 Å². The summed E-state index contributed by atoms with van der Waals surface area (Å²) >= 11 is 7.64. The van der Waals surface area contributed by atoms with E-state index in [1.807, 2.05) is 48.5 Å². The van der Waals surface area contributed by atoms with Gasteiger partial charge in [-0.25, -0.2) is 10.2 Å². The fourth-order valence-corrected chi connectivity index (χ4v) is 4.49. The lowest BCUT2D eigenvalue weighted by atomic mass is 10.2. The third-order valence-corrected chi connectivity index (χ3v) is 6.57. The quantitative estimate of drug-likeness (QED) is 0.144. The number of nitrogens with one attached hydrogen (secondary N) is 1. The minimum absolute atomic E-state index is 0.141. The number of carbonyl (C=O) groups is 2. The van der Waals surface area contributed by atoms with E-state index in [0.717, 1.165) is 22.1 Å². The van der Waals surface area contributed by atoms with Crippen molar-refractivity contribution in [3.63, 3.8) is 0 Å². The van der Waals surface area contributed by atoms with Gasteiger partial charge in [-0.3, -0.25) is 4.79 Å². The third-order valence-electron chi connectivity index (χ3n) is 4.92. The first-order valence-corrected chi connectivity index (χ1v) is 11.8. The zero-order valence-corrected chi connectivity index (χ0v) is 19.9. The fraction of sp³-hybridized carbons (Fsp3) is 0.115. The molecule has 0 atom stereocenters. The molecule has 4 rings (SSSR count). The van der Waals surface area contributed by atoms with E-state index < -0.39 is 5.97 Å². The molecule has 34 heavy (non-hydrogen) atoms. The first-order valence-electron chi connectivity index (χ1n) is 10.6. The van der Waals surface area contributed by atoms with Crippen LogP contribution in [0.4, 0.5) is 0 Å². The van der Waals surface area contributed by atoms with Crippen molar-refractivity contribution in [3.8, 4) is 11.5 Å². The number of hydrazone groups is 1. The summed E-state index contributed by atoms with van der Waals surface area (Å²) in [7, 11) is 0. The summed E-state index contributed by atoms with van der Waals surface area (Å²) in [5.74, 6) is 0.117. The van der Waals surface area contributed by atoms with Crippen molar-refractivity contribution in [2.45, 2.75) is 13.3 Å². The van der Waals surface area contributed by atoms with Crippen molar-refractivity contribution in [1.82, 2.24) is 5.43 Å². The molecule has 0 aliphatic heterocycles. The second-order valence-corrected chi connectivity index (χ2v) is 8.71. The largest absolute Gasteiger partial charge is 0.484 e. The van der Waals surface area contributed by atoms with Crippen molar-refractivity contribution < 1.29 is 19.1 Å². The number of thiophene rings is 1. The van der Waals surface area contributed by atoms with Gasteiger partial charge >= 0.3 is 5.97 Å². The maximum absolute atomic E-state index is 12.6. The SMILES string of the molecule is CCc1ccc(OCC(=O)NN=Cc2ccc(OC(=O)c3sc4ccccc4c3Cl)cc2)cc1. The lowest BCUT2D eigenvalue weighted by Gasteiger charge is -2.05. The van der Waals surface area contributed by atoms with Crippen molar-refractivity contribution >= 4 is 51.1 Å². The highest BCUT2D eigenvalue weighted by atomic mass is 35.5. The highest BCUT2D eigenvalue weighted by Gasteiger charge is 2.18. The van der Waals surface area contributed by atoms with E-state index in [2.05, 4.69) is 17.5 Å². The Bertz CT molecular complexity index is 1330. The van der Waals surface area contributed by atoms with Crippen molar-refractivity contribution in [3.05, 3.63) is 93.8 Å². The molecule has 1 aromatic heterocycles. The lowest BCUT2D eigenvalue weighted by molar-refractivity contribution is -0.123. The number of benzene rings is 3. The van der Waals surface area contributed by atoms with Gasteiger partial charge in [0, 0.05) is 10.1 Å². The Morgan fingerprint density at radius 3 is 2.41 bits per heavy atom. The molecule has 1 N–H and O–H groups in total. The molecule has 1 amide bonds. The standard InChI is InChI=1S/C26H21ClN2O4S/c1-2-17-7-11-19(12-8-17)32-16-23(30)29-28-15-18-9-13-20(14-10-18)33-26(31)25-24(27)21-5-3-4-6-22(21)34-25/h3-15H,2,16H2,1H3,(H,29,30). The number of rotatable bonds is 8. The second kappa shape index (κ2) is 11.0. The summed E-state index contributed by atoms with van der Waals surface area (Å²) in [5.41, 5.74) is 4.34. The van der Waals surface area contributed by atoms with Crippen LogP contribution >= 0.6 is 22.9 Å². The van der Waals surface area contributed by atoms with Gasteiger partial charge in [-0.2, -0.15) is 5.10 Å². The number of halogens is 1. The van der Waals surface area contributed by atoms with E-state index in [9.17, 15) is 9.59 Å². The Morgan fingerprint density at radius 2 is 1.71 bits per heavy atom. The highest BCUT2D eigenvalue weighted by Crippen LogP contribution is 2.35. The topological polar surface area (TPSA) is 77.0 Å². The minimum Gasteiger partial charge on any atom is -0.484 e. The summed E-state index contributed by atoms with van der Waals surface area (Å²) in [6.45, 7) is 1.93. The van der Waals surface area contributed by atoms with Gasteiger partial charge in [-0.1, -0.05) is 48.9 Å². The molecular formula is C26H21ClN2O4S. The number of hydrogen-bond donors (Lipinski definition) is 1. The van der Waals surface area contributed by atoms with Gasteiger partial charge < -0.3 is 9.47 Å². The second-order valence-electron chi connectivity index (χ2n) is 7.28. The third kappa shape index (κ3) is 5.81. The molecule has 172 valence electrons. The van der Waals surface area contributed by atoms with Crippen LogP contribution in [0.25, 0.3) is 10.1 Å². The predicted octanol–water partition coefficient (Wildman–Crippen LogP) is 5.87. The molecule has 6 nitrogen and oxygen atoms in total. The molecule has 8 heteroatoms. The van der Waals surface area contributed by atoms with Crippen LogP contribution in [0.15, 0.2) is 77.9 Å². The maximum atomic E-state index is 12.6. The molecule has 1 heterocycles. The zero-order chi connectivity index (χ0) is 23.9. The number of hydrogen-bond acceptors (Lipinski definition) is 6. The van der Waals surface area contributed by atoms with Crippen LogP contribution < -0.4 is 14.9 Å². The van der Waals surface area contributed by atoms with E-state index in [1.54, 1.807) is 24.3 Å². The predicted molar refractivity (Wildman–Crippen MR) is 135 cm³/mol. The molecule has 3 aromatic carbocycles. The molecule has 0 aliphatic carbocycles. The smallest absolute Gasteiger partial charge is 0.355 e. The fourth-order valence-electron chi connectivity index (χ4n) is 3.10. The first-order chi connectivity index (χ1) is 16.5. The van der Waals surface area contributed by atoms with Crippen molar-refractivity contribution in [2.75, 3.05) is 6.61 Å². The van der Waals surface area contributed by atoms with E-state index >= 15 is 0 Å². The molecule has 0 unspecified atom stereocenters. The average Bonchev–Trinajstić information content (AvgIpc) is 3.21. The first kappa shape index (κ1) is 23.5. The number of carbonyl (C=O) groups excluding carboxylic acids is 2. The normalized spacial score (nSPS) is 11.0. The van der Waals surface area contributed by atoms with Crippen LogP contribution in [0.5, 0.6) is 11.5 Å². The number of aryl methyl sites for hydroxylation is 1. The number of amides is 1. The maximum Gasteiger partial charge on any atom is 0.355 e. The molecule has 0 saturated carbocycles. The number of ether oxygens (including phenoxy) is 2. The van der Waals surface area contributed by atoms with Crippen LogP contribution in [0.3, 0.4) is 0 Å². The monoisotopic (exact) mass is 492 g/mol. The molecule has 0 bridgehead atoms. The Kier molecular flexibility index (Phi) is 7.57. The van der Waals surface area contributed by atoms with Crippen LogP contribution in [0.1, 0.15) is 27.7 Å². The van der Waals surface area contributed by atoms with Crippen LogP contribution in [0, 0.1) is 0 Å². The Morgan fingerprint density at radius 1 is 1.00 bits per heavy atom. The van der Waals surface area contributed by atoms with E-state index in [4.69, 9.17) is 21.1 Å². The number of esters is 1. The molecule has 0 aliphatic rings. The lowest BCUT2D eigenvalue weighted by Crippen LogP contribution is -2.24. The molecule has 0 saturated heterocycles. The molecule has 0 fully saturated rings. The summed E-state index contributed by atoms with van der Waals surface area (Å²) in [4.78, 5) is 24.8. The van der Waals surface area contributed by atoms with Gasteiger partial charge in [0.05, 0.1) is 11.2 Å². The Labute approximate surface area is 205 Å². The molecule has 4 aromatic rings. The van der Waals surface area contributed by atoms with Crippen molar-refractivity contribution in [2.24, 2.45) is 5.10 Å². The van der Waals surface area contributed by atoms with Crippen LogP contribution in [-0.4, -0.2) is 24.7 Å². The van der Waals surface area contributed by atoms with Crippen molar-refractivity contribution in [1.29, 1.82) is 0 Å². The van der Waals surface area contributed by atoms with Gasteiger partial charge in [0.25, 0.3) is 5.91 Å². The van der Waals surface area contributed by atoms with Crippen LogP contribution in [0.2, 0.25) is 5.02 Å². The van der Waals surface area contributed by atoms with Gasteiger partial charge in [0.15, 0.2) is 6.61 Å². The van der Waals surface area contributed by atoms with Gasteiger partial charge in [-0.15, -0.1) is 11.3 Å². The van der Waals surface area contributed by atoms with E-state index in [-0.39, 0.29) is 12.5 Å². The number of nitrogens with zero attached hydrogens (tertiary/aromatic N) is 1. The molecule has 0 spiro atoms.